The lowest BCUT2D eigenvalue weighted by molar-refractivity contribution is -0.147. The van der Waals surface area contributed by atoms with Gasteiger partial charge in [0.15, 0.2) is 0 Å². The molecule has 5 N–H and O–H groups in total. The number of nitrogens with one attached hydrogen (secondary N) is 5. The number of nitrogens with zero attached hydrogens (tertiary/aromatic N) is 2. The predicted octanol–water partition coefficient (Wildman–Crippen LogP) is 3.57. The minimum Gasteiger partial charge on any atom is -0.347 e. The Kier molecular flexibility index (Phi) is 12.3. The Bertz CT molecular complexity index is 1430. The van der Waals surface area contributed by atoms with E-state index < -0.39 is 59.0 Å². The maximum atomic E-state index is 14.8. The second-order valence-electron chi connectivity index (χ2n) is 15.8. The number of carbonyl (C=O) groups excluding carboxylic acids is 6. The van der Waals surface area contributed by atoms with Gasteiger partial charge in [-0.3, -0.25) is 33.9 Å². The molecule has 1 unspecified atom stereocenters. The molecule has 4 aliphatic rings. The maximum absolute atomic E-state index is 14.8. The molecule has 1 aliphatic heterocycles. The number of amides is 5. The van der Waals surface area contributed by atoms with Crippen LogP contribution in [0.5, 0.6) is 0 Å². The van der Waals surface area contributed by atoms with Crippen LogP contribution in [-0.2, 0) is 24.0 Å². The van der Waals surface area contributed by atoms with Gasteiger partial charge in [0.25, 0.3) is 11.8 Å². The molecule has 14 heteroatoms. The lowest BCUT2D eigenvalue weighted by Crippen LogP contribution is -2.63. The van der Waals surface area contributed by atoms with Crippen LogP contribution in [0.2, 0.25) is 5.02 Å². The molecule has 13 nitrogen and oxygen atoms in total. The summed E-state index contributed by atoms with van der Waals surface area (Å²) >= 11 is 6.16. The predicted molar refractivity (Wildman–Crippen MR) is 187 cm³/mol. The number of H-pyrrole nitrogens is 1. The van der Waals surface area contributed by atoms with Crippen molar-refractivity contribution in [3.63, 3.8) is 0 Å². The standard InChI is InChI=1S/C36H54ClN7O6/c1-5-11-24(29(45)34(49)39-22-16-17-22)40-31(46)26-18-21-14-9-10-15-25(21)44(26)35(50)30(36(2,3)4)42-32(47)27(20-12-7-6-8-13-20)41-33(48)28-23(37)19-38-43-28/h19-22,24-27,30H,5-18H2,1-4H3,(H,38,43)(H,39,49)(H,40,46)(H,41,48)(H,42,47)/t21-,24-,25-,26-,27?,30+/m0/s1. The van der Waals surface area contributed by atoms with E-state index in [1.165, 1.54) is 6.20 Å². The fraction of sp³-hybridized carbons (Fsp3) is 0.750. The quantitative estimate of drug-likeness (QED) is 0.194. The summed E-state index contributed by atoms with van der Waals surface area (Å²) < 4.78 is 0. The van der Waals surface area contributed by atoms with Crippen LogP contribution in [-0.4, -0.2) is 86.7 Å². The maximum Gasteiger partial charge on any atom is 0.289 e. The molecule has 0 bridgehead atoms. The number of ketones is 1. The van der Waals surface area contributed by atoms with Gasteiger partial charge in [-0.1, -0.05) is 77.8 Å². The summed E-state index contributed by atoms with van der Waals surface area (Å²) in [5, 5.41) is 18.0. The highest BCUT2D eigenvalue weighted by Gasteiger charge is 2.51. The van der Waals surface area contributed by atoms with Crippen LogP contribution in [0.3, 0.4) is 0 Å². The molecule has 0 spiro atoms. The van der Waals surface area contributed by atoms with Crippen LogP contribution in [0.25, 0.3) is 0 Å². The number of likely N-dealkylation sites (tertiary alicyclic amines) is 1. The van der Waals surface area contributed by atoms with E-state index in [4.69, 9.17) is 11.6 Å². The van der Waals surface area contributed by atoms with Crippen LogP contribution < -0.4 is 21.3 Å². The molecule has 3 aliphatic carbocycles. The van der Waals surface area contributed by atoms with Crippen molar-refractivity contribution in [2.45, 2.75) is 154 Å². The number of aromatic amines is 1. The molecule has 5 rings (SSSR count). The summed E-state index contributed by atoms with van der Waals surface area (Å²) in [6, 6.07) is -3.96. The molecule has 6 atom stereocenters. The van der Waals surface area contributed by atoms with Crippen LogP contribution in [0.15, 0.2) is 6.20 Å². The SMILES string of the molecule is CCC[C@H](NC(=O)[C@@H]1C[C@@H]2CCCC[C@@H]2N1C(=O)[C@@H](NC(=O)C(NC(=O)c1[nH]ncc1Cl)C1CCCCC1)C(C)(C)C)C(=O)C(=O)NC1CC1. The topological polar surface area (TPSA) is 182 Å². The third-order valence-electron chi connectivity index (χ3n) is 10.9. The fourth-order valence-corrected chi connectivity index (χ4v) is 8.19. The Morgan fingerprint density at radius 1 is 0.940 bits per heavy atom. The molecular weight excluding hydrogens is 662 g/mol. The molecule has 1 aromatic heterocycles. The zero-order valence-corrected chi connectivity index (χ0v) is 30.6. The Morgan fingerprint density at radius 3 is 2.24 bits per heavy atom. The average Bonchev–Trinajstić information content (AvgIpc) is 3.65. The lowest BCUT2D eigenvalue weighted by Gasteiger charge is -2.40. The minimum absolute atomic E-state index is 0.00866. The van der Waals surface area contributed by atoms with Gasteiger partial charge in [0.1, 0.15) is 23.8 Å². The van der Waals surface area contributed by atoms with E-state index in [0.717, 1.165) is 70.6 Å². The van der Waals surface area contributed by atoms with E-state index in [-0.39, 0.29) is 40.5 Å². The molecule has 0 aromatic carbocycles. The smallest absolute Gasteiger partial charge is 0.289 e. The van der Waals surface area contributed by atoms with Gasteiger partial charge in [-0.25, -0.2) is 0 Å². The lowest BCUT2D eigenvalue weighted by atomic mass is 9.81. The third kappa shape index (κ3) is 8.87. The zero-order chi connectivity index (χ0) is 36.2. The first-order valence-electron chi connectivity index (χ1n) is 18.6. The largest absolute Gasteiger partial charge is 0.347 e. The van der Waals surface area contributed by atoms with Crippen LogP contribution in [0.1, 0.15) is 128 Å². The number of carbonyl (C=O) groups is 6. The average molecular weight is 716 g/mol. The Labute approximate surface area is 299 Å². The van der Waals surface area contributed by atoms with Gasteiger partial charge in [-0.15, -0.1) is 0 Å². The summed E-state index contributed by atoms with van der Waals surface area (Å²) in [6.45, 7) is 7.49. The van der Waals surface area contributed by atoms with E-state index in [0.29, 0.717) is 19.3 Å². The number of hydrogen-bond acceptors (Lipinski definition) is 7. The first-order chi connectivity index (χ1) is 23.8. The van der Waals surface area contributed by atoms with E-state index in [1.807, 2.05) is 27.7 Å². The molecule has 1 aromatic rings. The highest BCUT2D eigenvalue weighted by molar-refractivity contribution is 6.38. The Balaban J connectivity index is 1.38. The minimum atomic E-state index is -1.01. The second kappa shape index (κ2) is 16.2. The summed E-state index contributed by atoms with van der Waals surface area (Å²) in [6.07, 6.45) is 12.2. The fourth-order valence-electron chi connectivity index (χ4n) is 8.02. The molecule has 5 amide bonds. The van der Waals surface area contributed by atoms with Gasteiger partial charge in [0.05, 0.1) is 17.3 Å². The highest BCUT2D eigenvalue weighted by Crippen LogP contribution is 2.41. The monoisotopic (exact) mass is 715 g/mol. The van der Waals surface area contributed by atoms with Crippen molar-refractivity contribution in [1.29, 1.82) is 0 Å². The number of Topliss-reactive ketones (excluding diaryl/α,β-unsaturated/α-hetero) is 1. The second-order valence-corrected chi connectivity index (χ2v) is 16.2. The molecule has 1 saturated heterocycles. The van der Waals surface area contributed by atoms with Gasteiger partial charge in [-0.2, -0.15) is 5.10 Å². The van der Waals surface area contributed by atoms with E-state index in [1.54, 1.807) is 4.90 Å². The van der Waals surface area contributed by atoms with E-state index in [9.17, 15) is 28.8 Å². The van der Waals surface area contributed by atoms with Crippen molar-refractivity contribution >= 4 is 46.9 Å². The Morgan fingerprint density at radius 2 is 1.62 bits per heavy atom. The highest BCUT2D eigenvalue weighted by atomic mass is 35.5. The van der Waals surface area contributed by atoms with Gasteiger partial charge in [-0.05, 0) is 68.6 Å². The first kappa shape index (κ1) is 37.8. The van der Waals surface area contributed by atoms with Crippen LogP contribution in [0, 0.1) is 17.3 Å². The van der Waals surface area contributed by atoms with Crippen molar-refractivity contribution in [1.82, 2.24) is 36.4 Å². The number of fused-ring (bicyclic) bond motifs is 1. The van der Waals surface area contributed by atoms with Gasteiger partial charge in [0.2, 0.25) is 23.5 Å². The number of rotatable bonds is 13. The van der Waals surface area contributed by atoms with Gasteiger partial charge in [0, 0.05) is 12.1 Å². The number of hydrogen-bond donors (Lipinski definition) is 5. The normalized spacial score (nSPS) is 24.3. The number of aromatic nitrogens is 2. The van der Waals surface area contributed by atoms with E-state index in [2.05, 4.69) is 31.5 Å². The van der Waals surface area contributed by atoms with Crippen molar-refractivity contribution in [3.05, 3.63) is 16.9 Å². The first-order valence-corrected chi connectivity index (χ1v) is 18.9. The van der Waals surface area contributed by atoms with Crippen molar-refractivity contribution in [3.8, 4) is 0 Å². The van der Waals surface area contributed by atoms with Crippen molar-refractivity contribution in [2.75, 3.05) is 0 Å². The van der Waals surface area contributed by atoms with Gasteiger partial charge < -0.3 is 26.2 Å². The third-order valence-corrected chi connectivity index (χ3v) is 11.2. The molecular formula is C36H54ClN7O6. The summed E-state index contributed by atoms with van der Waals surface area (Å²) in [5.41, 5.74) is -0.696. The summed E-state index contributed by atoms with van der Waals surface area (Å²) in [4.78, 5) is 83.8. The van der Waals surface area contributed by atoms with Crippen LogP contribution >= 0.6 is 11.6 Å². The van der Waals surface area contributed by atoms with Crippen molar-refractivity contribution in [2.24, 2.45) is 17.3 Å². The molecule has 2 heterocycles. The number of halogens is 1. The molecule has 50 heavy (non-hydrogen) atoms. The Hall–Kier alpha value is -3.48. The van der Waals surface area contributed by atoms with Crippen LogP contribution in [0.4, 0.5) is 0 Å². The summed E-state index contributed by atoms with van der Waals surface area (Å²) in [7, 11) is 0. The molecule has 3 saturated carbocycles. The zero-order valence-electron chi connectivity index (χ0n) is 29.8. The van der Waals surface area contributed by atoms with Crippen molar-refractivity contribution < 1.29 is 28.8 Å². The molecule has 4 fully saturated rings. The van der Waals surface area contributed by atoms with Gasteiger partial charge >= 0.3 is 0 Å². The molecule has 0 radical (unpaired) electrons. The summed E-state index contributed by atoms with van der Waals surface area (Å²) in [5.74, 6) is -3.24. The molecule has 276 valence electrons. The van der Waals surface area contributed by atoms with E-state index >= 15 is 0 Å².